The summed E-state index contributed by atoms with van der Waals surface area (Å²) in [7, 11) is 0. The van der Waals surface area contributed by atoms with Crippen molar-refractivity contribution in [3.63, 3.8) is 0 Å². The molecule has 0 bridgehead atoms. The minimum absolute atomic E-state index is 0.0101. The third kappa shape index (κ3) is 4.77. The van der Waals surface area contributed by atoms with Crippen LogP contribution in [-0.4, -0.2) is 17.9 Å². The van der Waals surface area contributed by atoms with Gasteiger partial charge in [-0.15, -0.1) is 0 Å². The van der Waals surface area contributed by atoms with Gasteiger partial charge in [-0.25, -0.2) is 4.79 Å². The summed E-state index contributed by atoms with van der Waals surface area (Å²) in [5, 5.41) is 11.4. The summed E-state index contributed by atoms with van der Waals surface area (Å²) in [6.07, 6.45) is 0.0671. The van der Waals surface area contributed by atoms with E-state index in [0.29, 0.717) is 5.75 Å². The largest absolute Gasteiger partial charge is 0.509 e. The lowest BCUT2D eigenvalue weighted by Crippen LogP contribution is -2.12. The standard InChI is InChI=1S/C21H23NO7/c1-4-5-15-7-6-13(2)8-16(15)11-26-21(23)29-14(3)17-9-19-20(28-12-27-19)10-18(17)22(24)25/h6-10,14H,4-5,11-12H2,1-3H3. The first-order valence-electron chi connectivity index (χ1n) is 9.38. The molecule has 1 aliphatic rings. The Labute approximate surface area is 168 Å². The number of ether oxygens (including phenoxy) is 4. The van der Waals surface area contributed by atoms with Gasteiger partial charge in [0, 0.05) is 0 Å². The number of nitrogens with zero attached hydrogens (tertiary/aromatic N) is 1. The molecule has 2 aromatic carbocycles. The topological polar surface area (TPSA) is 97.1 Å². The molecule has 1 unspecified atom stereocenters. The van der Waals surface area contributed by atoms with Crippen LogP contribution in [0.25, 0.3) is 0 Å². The van der Waals surface area contributed by atoms with Crippen molar-refractivity contribution in [2.45, 2.75) is 46.3 Å². The van der Waals surface area contributed by atoms with Gasteiger partial charge in [-0.05, 0) is 37.5 Å². The molecule has 0 N–H and O–H groups in total. The molecule has 1 heterocycles. The number of aryl methyl sites for hydroxylation is 2. The van der Waals surface area contributed by atoms with Crippen molar-refractivity contribution in [1.29, 1.82) is 0 Å². The van der Waals surface area contributed by atoms with Gasteiger partial charge in [0.1, 0.15) is 12.7 Å². The van der Waals surface area contributed by atoms with Crippen LogP contribution in [-0.2, 0) is 22.5 Å². The van der Waals surface area contributed by atoms with Crippen LogP contribution in [0.4, 0.5) is 10.5 Å². The molecule has 2 aromatic rings. The molecule has 154 valence electrons. The van der Waals surface area contributed by atoms with Gasteiger partial charge in [0.25, 0.3) is 5.69 Å². The quantitative estimate of drug-likeness (QED) is 0.366. The van der Waals surface area contributed by atoms with Crippen LogP contribution in [0.1, 0.15) is 48.6 Å². The maximum atomic E-state index is 12.2. The van der Waals surface area contributed by atoms with Gasteiger partial charge in [0.05, 0.1) is 16.6 Å². The average Bonchev–Trinajstić information content (AvgIpc) is 3.14. The van der Waals surface area contributed by atoms with E-state index in [9.17, 15) is 14.9 Å². The summed E-state index contributed by atoms with van der Waals surface area (Å²) in [6, 6.07) is 8.75. The van der Waals surface area contributed by atoms with Gasteiger partial charge in [0.2, 0.25) is 6.79 Å². The maximum absolute atomic E-state index is 12.2. The molecule has 0 spiro atoms. The molecule has 8 heteroatoms. The molecule has 29 heavy (non-hydrogen) atoms. The number of nitro benzene ring substituents is 1. The van der Waals surface area contributed by atoms with Crippen LogP contribution < -0.4 is 9.47 Å². The van der Waals surface area contributed by atoms with E-state index >= 15 is 0 Å². The predicted molar refractivity (Wildman–Crippen MR) is 104 cm³/mol. The molecule has 0 saturated heterocycles. The van der Waals surface area contributed by atoms with Gasteiger partial charge in [-0.1, -0.05) is 37.1 Å². The molecule has 0 aromatic heterocycles. The molecule has 0 aliphatic carbocycles. The number of fused-ring (bicyclic) bond motifs is 1. The Kier molecular flexibility index (Phi) is 6.21. The van der Waals surface area contributed by atoms with Crippen LogP contribution in [0.15, 0.2) is 30.3 Å². The lowest BCUT2D eigenvalue weighted by Gasteiger charge is -2.15. The molecular formula is C21H23NO7. The van der Waals surface area contributed by atoms with Gasteiger partial charge in [-0.2, -0.15) is 0 Å². The normalized spacial score (nSPS) is 13.1. The minimum Gasteiger partial charge on any atom is -0.454 e. The fraction of sp³-hybridized carbons (Fsp3) is 0.381. The molecule has 1 aliphatic heterocycles. The third-order valence-corrected chi connectivity index (χ3v) is 4.66. The second-order valence-electron chi connectivity index (χ2n) is 6.84. The zero-order chi connectivity index (χ0) is 21.0. The van der Waals surface area contributed by atoms with Crippen LogP contribution in [0, 0.1) is 17.0 Å². The Morgan fingerprint density at radius 2 is 1.93 bits per heavy atom. The highest BCUT2D eigenvalue weighted by molar-refractivity contribution is 5.62. The van der Waals surface area contributed by atoms with Gasteiger partial charge >= 0.3 is 6.16 Å². The third-order valence-electron chi connectivity index (χ3n) is 4.66. The average molecular weight is 401 g/mol. The van der Waals surface area contributed by atoms with Crippen molar-refractivity contribution in [1.82, 2.24) is 0 Å². The van der Waals surface area contributed by atoms with Crippen LogP contribution in [0.3, 0.4) is 0 Å². The molecule has 1 atom stereocenters. The molecule has 8 nitrogen and oxygen atoms in total. The second-order valence-corrected chi connectivity index (χ2v) is 6.84. The number of hydrogen-bond donors (Lipinski definition) is 0. The highest BCUT2D eigenvalue weighted by atomic mass is 16.7. The van der Waals surface area contributed by atoms with Gasteiger partial charge in [-0.3, -0.25) is 10.1 Å². The van der Waals surface area contributed by atoms with E-state index in [0.717, 1.165) is 29.5 Å². The Morgan fingerprint density at radius 1 is 1.21 bits per heavy atom. The van der Waals surface area contributed by atoms with Gasteiger partial charge < -0.3 is 18.9 Å². The second kappa shape index (κ2) is 8.81. The Balaban J connectivity index is 1.69. The van der Waals surface area contributed by atoms with E-state index in [1.807, 2.05) is 25.1 Å². The molecule has 0 amide bonds. The number of carbonyl (C=O) groups is 1. The number of benzene rings is 2. The highest BCUT2D eigenvalue weighted by Crippen LogP contribution is 2.40. The first kappa shape index (κ1) is 20.4. The van der Waals surface area contributed by atoms with E-state index < -0.39 is 17.2 Å². The Morgan fingerprint density at radius 3 is 2.62 bits per heavy atom. The molecule has 0 radical (unpaired) electrons. The van der Waals surface area contributed by atoms with Crippen molar-refractivity contribution < 1.29 is 28.7 Å². The summed E-state index contributed by atoms with van der Waals surface area (Å²) in [5.74, 6) is 0.663. The van der Waals surface area contributed by atoms with Crippen molar-refractivity contribution in [2.75, 3.05) is 6.79 Å². The van der Waals surface area contributed by atoms with Crippen molar-refractivity contribution in [3.05, 3.63) is 62.7 Å². The van der Waals surface area contributed by atoms with E-state index in [2.05, 4.69) is 6.92 Å². The van der Waals surface area contributed by atoms with Crippen LogP contribution >= 0.6 is 0 Å². The van der Waals surface area contributed by atoms with E-state index in [1.165, 1.54) is 12.1 Å². The first-order valence-corrected chi connectivity index (χ1v) is 9.38. The zero-order valence-electron chi connectivity index (χ0n) is 16.6. The van der Waals surface area contributed by atoms with E-state index in [4.69, 9.17) is 18.9 Å². The summed E-state index contributed by atoms with van der Waals surface area (Å²) < 4.78 is 21.0. The summed E-state index contributed by atoms with van der Waals surface area (Å²) in [5.41, 5.74) is 3.11. The predicted octanol–water partition coefficient (Wildman–Crippen LogP) is 5.00. The lowest BCUT2D eigenvalue weighted by atomic mass is 10.0. The van der Waals surface area contributed by atoms with E-state index in [-0.39, 0.29) is 30.4 Å². The fourth-order valence-electron chi connectivity index (χ4n) is 3.21. The molecule has 3 rings (SSSR count). The Hall–Kier alpha value is -3.29. The molecule has 0 fully saturated rings. The fourth-order valence-corrected chi connectivity index (χ4v) is 3.21. The lowest BCUT2D eigenvalue weighted by molar-refractivity contribution is -0.386. The molecular weight excluding hydrogens is 378 g/mol. The van der Waals surface area contributed by atoms with Crippen molar-refractivity contribution in [2.24, 2.45) is 0 Å². The van der Waals surface area contributed by atoms with Crippen molar-refractivity contribution in [3.8, 4) is 11.5 Å². The smallest absolute Gasteiger partial charge is 0.454 e. The number of hydrogen-bond acceptors (Lipinski definition) is 7. The molecule has 0 saturated carbocycles. The first-order chi connectivity index (χ1) is 13.9. The van der Waals surface area contributed by atoms with Crippen LogP contribution in [0.2, 0.25) is 0 Å². The summed E-state index contributed by atoms with van der Waals surface area (Å²) in [6.45, 7) is 5.66. The highest BCUT2D eigenvalue weighted by Gasteiger charge is 2.28. The maximum Gasteiger partial charge on any atom is 0.509 e. The number of rotatable bonds is 7. The van der Waals surface area contributed by atoms with Gasteiger partial charge in [0.15, 0.2) is 11.5 Å². The van der Waals surface area contributed by atoms with Crippen LogP contribution in [0.5, 0.6) is 11.5 Å². The summed E-state index contributed by atoms with van der Waals surface area (Å²) >= 11 is 0. The monoisotopic (exact) mass is 401 g/mol. The Bertz CT molecular complexity index is 925. The number of nitro groups is 1. The number of carbonyl (C=O) groups excluding carboxylic acids is 1. The summed E-state index contributed by atoms with van der Waals surface area (Å²) in [4.78, 5) is 23.0. The minimum atomic E-state index is -0.898. The van der Waals surface area contributed by atoms with Crippen molar-refractivity contribution >= 4 is 11.8 Å². The van der Waals surface area contributed by atoms with E-state index in [1.54, 1.807) is 6.92 Å². The SMILES string of the molecule is CCCc1ccc(C)cc1COC(=O)OC(C)c1cc2c(cc1[N+](=O)[O-])OCO2. The zero-order valence-corrected chi connectivity index (χ0v) is 16.6.